The van der Waals surface area contributed by atoms with Gasteiger partial charge in [0.1, 0.15) is 0 Å². The van der Waals surface area contributed by atoms with Crippen molar-refractivity contribution in [3.8, 4) is 11.3 Å². The summed E-state index contributed by atoms with van der Waals surface area (Å²) in [7, 11) is 0. The summed E-state index contributed by atoms with van der Waals surface area (Å²) in [4.78, 5) is 31.7. The Morgan fingerprint density at radius 1 is 1.28 bits per heavy atom. The number of fused-ring (bicyclic) bond motifs is 2. The van der Waals surface area contributed by atoms with Crippen LogP contribution in [0.25, 0.3) is 11.3 Å². The number of H-pyrrole nitrogens is 1. The SMILES string of the molecule is Cc1c[nH]c2cc3c(c(=O)c-2c1)C(=O)C(C)C=N3. The normalized spacial score (nSPS) is 18.1. The number of aliphatic imine (C=N–C) groups is 1. The molecular formula is C14H12N2O2. The molecule has 1 aliphatic carbocycles. The van der Waals surface area contributed by atoms with E-state index in [2.05, 4.69) is 9.98 Å². The molecule has 18 heavy (non-hydrogen) atoms. The molecule has 0 aromatic rings. The number of aryl methyl sites for hydroxylation is 1. The minimum atomic E-state index is -0.323. The summed E-state index contributed by atoms with van der Waals surface area (Å²) < 4.78 is 0. The summed E-state index contributed by atoms with van der Waals surface area (Å²) in [6.45, 7) is 3.65. The Bertz CT molecular complexity index is 712. The second kappa shape index (κ2) is 3.63. The van der Waals surface area contributed by atoms with E-state index in [9.17, 15) is 9.59 Å². The number of hydrogen-bond acceptors (Lipinski definition) is 3. The van der Waals surface area contributed by atoms with Gasteiger partial charge in [0.2, 0.25) is 5.43 Å². The molecule has 4 heteroatoms. The first kappa shape index (κ1) is 10.9. The smallest absolute Gasteiger partial charge is 0.200 e. The lowest BCUT2D eigenvalue weighted by atomic mass is 9.92. The number of hydrogen-bond donors (Lipinski definition) is 1. The third-order valence-corrected chi connectivity index (χ3v) is 3.22. The summed E-state index contributed by atoms with van der Waals surface area (Å²) >= 11 is 0. The summed E-state index contributed by atoms with van der Waals surface area (Å²) in [6, 6.07) is 3.55. The molecule has 1 atom stereocenters. The topological polar surface area (TPSA) is 62.3 Å². The van der Waals surface area contributed by atoms with Crippen molar-refractivity contribution in [3.05, 3.63) is 39.7 Å². The summed E-state index contributed by atoms with van der Waals surface area (Å²) in [5.41, 5.74) is 2.68. The molecule has 2 heterocycles. The molecular weight excluding hydrogens is 228 g/mol. The van der Waals surface area contributed by atoms with Gasteiger partial charge in [-0.05, 0) is 24.6 Å². The molecule has 0 aromatic heterocycles. The number of carbonyl (C=O) groups is 1. The Morgan fingerprint density at radius 2 is 2.06 bits per heavy atom. The molecule has 0 amide bonds. The summed E-state index contributed by atoms with van der Waals surface area (Å²) in [5.74, 6) is -0.468. The predicted molar refractivity (Wildman–Crippen MR) is 70.1 cm³/mol. The third kappa shape index (κ3) is 1.42. The van der Waals surface area contributed by atoms with Crippen LogP contribution in [0.3, 0.4) is 0 Å². The highest BCUT2D eigenvalue weighted by Gasteiger charge is 2.27. The van der Waals surface area contributed by atoms with E-state index in [0.29, 0.717) is 16.9 Å². The number of pyridine rings is 1. The van der Waals surface area contributed by atoms with Crippen molar-refractivity contribution >= 4 is 17.7 Å². The van der Waals surface area contributed by atoms with Crippen LogP contribution in [0.4, 0.5) is 5.69 Å². The van der Waals surface area contributed by atoms with Gasteiger partial charge < -0.3 is 4.98 Å². The monoisotopic (exact) mass is 240 g/mol. The van der Waals surface area contributed by atoms with Crippen LogP contribution < -0.4 is 5.43 Å². The summed E-state index contributed by atoms with van der Waals surface area (Å²) in [6.07, 6.45) is 3.41. The van der Waals surface area contributed by atoms with Crippen molar-refractivity contribution in [2.75, 3.05) is 0 Å². The Hall–Kier alpha value is -2.23. The van der Waals surface area contributed by atoms with Gasteiger partial charge >= 0.3 is 0 Å². The van der Waals surface area contributed by atoms with Crippen LogP contribution in [0.5, 0.6) is 0 Å². The lowest BCUT2D eigenvalue weighted by Gasteiger charge is -2.16. The molecule has 1 N–H and O–H groups in total. The number of nitrogens with one attached hydrogen (secondary N) is 1. The quantitative estimate of drug-likeness (QED) is 0.768. The Morgan fingerprint density at radius 3 is 2.83 bits per heavy atom. The molecule has 2 aliphatic heterocycles. The maximum Gasteiger partial charge on any atom is 0.200 e. The van der Waals surface area contributed by atoms with Gasteiger partial charge in [0, 0.05) is 18.0 Å². The van der Waals surface area contributed by atoms with E-state index in [1.165, 1.54) is 0 Å². The average molecular weight is 240 g/mol. The van der Waals surface area contributed by atoms with Gasteiger partial charge in [0.15, 0.2) is 5.78 Å². The summed E-state index contributed by atoms with van der Waals surface area (Å²) in [5, 5.41) is 0. The molecule has 0 aromatic carbocycles. The highest BCUT2D eigenvalue weighted by Crippen LogP contribution is 2.29. The van der Waals surface area contributed by atoms with Crippen molar-refractivity contribution in [2.45, 2.75) is 13.8 Å². The molecule has 3 aliphatic rings. The lowest BCUT2D eigenvalue weighted by molar-refractivity contribution is 0.0961. The van der Waals surface area contributed by atoms with E-state index in [0.717, 1.165) is 5.56 Å². The average Bonchev–Trinajstić information content (AvgIpc) is 2.35. The number of nitrogens with zero attached hydrogens (tertiary/aromatic N) is 1. The zero-order valence-electron chi connectivity index (χ0n) is 10.2. The van der Waals surface area contributed by atoms with E-state index < -0.39 is 0 Å². The second-order valence-electron chi connectivity index (χ2n) is 4.67. The minimum absolute atomic E-state index is 0.145. The highest BCUT2D eigenvalue weighted by molar-refractivity contribution is 6.12. The first-order valence-electron chi connectivity index (χ1n) is 5.82. The lowest BCUT2D eigenvalue weighted by Crippen LogP contribution is -2.25. The molecule has 3 rings (SSSR count). The van der Waals surface area contributed by atoms with Gasteiger partial charge in [-0.2, -0.15) is 0 Å². The number of benzene rings is 1. The van der Waals surface area contributed by atoms with Crippen LogP contribution in [-0.2, 0) is 0 Å². The standard InChI is InChI=1S/C14H12N2O2/c1-7-3-9-10(15-5-7)4-11-12(14(9)18)13(17)8(2)6-16-11/h3-6,8,15H,1-2H3. The van der Waals surface area contributed by atoms with Crippen molar-refractivity contribution in [3.63, 3.8) is 0 Å². The van der Waals surface area contributed by atoms with Gasteiger partial charge in [-0.25, -0.2) is 0 Å². The van der Waals surface area contributed by atoms with Crippen molar-refractivity contribution in [2.24, 2.45) is 10.9 Å². The van der Waals surface area contributed by atoms with Crippen LogP contribution in [0, 0.1) is 12.8 Å². The molecule has 1 unspecified atom stereocenters. The molecule has 0 spiro atoms. The molecule has 0 bridgehead atoms. The van der Waals surface area contributed by atoms with Crippen LogP contribution in [0.1, 0.15) is 22.8 Å². The van der Waals surface area contributed by atoms with Gasteiger partial charge in [0.25, 0.3) is 0 Å². The molecule has 0 radical (unpaired) electrons. The molecule has 0 saturated heterocycles. The van der Waals surface area contributed by atoms with Gasteiger partial charge in [0.05, 0.1) is 22.9 Å². The third-order valence-electron chi connectivity index (χ3n) is 3.22. The van der Waals surface area contributed by atoms with Gasteiger partial charge in [-0.1, -0.05) is 6.92 Å². The van der Waals surface area contributed by atoms with E-state index in [1.54, 1.807) is 25.3 Å². The highest BCUT2D eigenvalue weighted by atomic mass is 16.1. The first-order valence-corrected chi connectivity index (χ1v) is 5.82. The number of aromatic amines is 1. The van der Waals surface area contributed by atoms with Crippen molar-refractivity contribution in [1.82, 2.24) is 4.98 Å². The number of ketones is 1. The molecule has 0 fully saturated rings. The minimum Gasteiger partial charge on any atom is -0.361 e. The van der Waals surface area contributed by atoms with Gasteiger partial charge in [-0.3, -0.25) is 14.6 Å². The second-order valence-corrected chi connectivity index (χ2v) is 4.67. The Kier molecular flexibility index (Phi) is 2.20. The maximum atomic E-state index is 12.4. The molecule has 0 saturated carbocycles. The fourth-order valence-electron chi connectivity index (χ4n) is 2.21. The first-order chi connectivity index (χ1) is 8.58. The van der Waals surface area contributed by atoms with Crippen LogP contribution >= 0.6 is 0 Å². The maximum absolute atomic E-state index is 12.4. The number of aromatic nitrogens is 1. The number of Topliss-reactive ketones (excluding diaryl/α,β-unsaturated/α-hetero) is 1. The predicted octanol–water partition coefficient (Wildman–Crippen LogP) is 2.32. The van der Waals surface area contributed by atoms with E-state index in [1.807, 2.05) is 13.1 Å². The molecule has 90 valence electrons. The fourth-order valence-corrected chi connectivity index (χ4v) is 2.21. The Balaban J connectivity index is 2.43. The van der Waals surface area contributed by atoms with Crippen LogP contribution in [0.15, 0.2) is 28.1 Å². The van der Waals surface area contributed by atoms with Crippen molar-refractivity contribution < 1.29 is 4.79 Å². The van der Waals surface area contributed by atoms with Gasteiger partial charge in [-0.15, -0.1) is 0 Å². The number of rotatable bonds is 0. The van der Waals surface area contributed by atoms with E-state index in [4.69, 9.17) is 0 Å². The zero-order chi connectivity index (χ0) is 12.9. The largest absolute Gasteiger partial charge is 0.361 e. The Labute approximate surface area is 104 Å². The molecule has 4 nitrogen and oxygen atoms in total. The van der Waals surface area contributed by atoms with Crippen molar-refractivity contribution in [1.29, 1.82) is 0 Å². The van der Waals surface area contributed by atoms with E-state index >= 15 is 0 Å². The fraction of sp³-hybridized carbons (Fsp3) is 0.214. The van der Waals surface area contributed by atoms with Crippen LogP contribution in [-0.4, -0.2) is 17.0 Å². The van der Waals surface area contributed by atoms with E-state index in [-0.39, 0.29) is 22.7 Å². The van der Waals surface area contributed by atoms with Crippen LogP contribution in [0.2, 0.25) is 0 Å². The zero-order valence-corrected chi connectivity index (χ0v) is 10.2. The number of carbonyl (C=O) groups excluding carboxylic acids is 1.